The number of pyridine rings is 1. The van der Waals surface area contributed by atoms with E-state index >= 15 is 0 Å². The molecule has 1 fully saturated rings. The van der Waals surface area contributed by atoms with Gasteiger partial charge in [-0.1, -0.05) is 49.1 Å². The van der Waals surface area contributed by atoms with Gasteiger partial charge in [-0.15, -0.1) is 0 Å². The summed E-state index contributed by atoms with van der Waals surface area (Å²) in [6, 6.07) is 11.5. The van der Waals surface area contributed by atoms with E-state index in [1.54, 1.807) is 17.2 Å². The SMILES string of the molecule is C[C@@H]1CN([C@H](C)CO)C(=O)c2cc(C#CCc3ccccc3)cnc2O[C@@H]1CN(C)CC1CC1. The van der Waals surface area contributed by atoms with Crippen molar-refractivity contribution in [3.8, 4) is 17.7 Å². The predicted octanol–water partition coefficient (Wildman–Crippen LogP) is 3.24. The maximum atomic E-state index is 13.5. The summed E-state index contributed by atoms with van der Waals surface area (Å²) in [5.74, 6) is 7.39. The van der Waals surface area contributed by atoms with Gasteiger partial charge in [-0.2, -0.15) is 0 Å². The summed E-state index contributed by atoms with van der Waals surface area (Å²) in [6.07, 6.45) is 4.82. The molecule has 6 nitrogen and oxygen atoms in total. The number of rotatable bonds is 7. The predicted molar refractivity (Wildman–Crippen MR) is 133 cm³/mol. The average Bonchev–Trinajstić information content (AvgIpc) is 3.65. The summed E-state index contributed by atoms with van der Waals surface area (Å²) >= 11 is 0. The molecule has 0 radical (unpaired) electrons. The van der Waals surface area contributed by atoms with Crippen LogP contribution in [0.3, 0.4) is 0 Å². The van der Waals surface area contributed by atoms with E-state index < -0.39 is 0 Å². The largest absolute Gasteiger partial charge is 0.472 e. The van der Waals surface area contributed by atoms with Gasteiger partial charge < -0.3 is 19.6 Å². The van der Waals surface area contributed by atoms with E-state index in [2.05, 4.69) is 35.7 Å². The molecule has 1 saturated carbocycles. The Bertz CT molecular complexity index is 1040. The van der Waals surface area contributed by atoms with Gasteiger partial charge in [-0.3, -0.25) is 4.79 Å². The third kappa shape index (κ3) is 6.16. The molecule has 1 aromatic heterocycles. The van der Waals surface area contributed by atoms with Gasteiger partial charge in [0.25, 0.3) is 5.91 Å². The highest BCUT2D eigenvalue weighted by Gasteiger charge is 2.34. The average molecular weight is 462 g/mol. The molecule has 1 N–H and O–H groups in total. The number of aliphatic hydroxyl groups excluding tert-OH is 1. The molecule has 0 unspecified atom stereocenters. The van der Waals surface area contributed by atoms with Crippen LogP contribution in [0, 0.1) is 23.7 Å². The van der Waals surface area contributed by atoms with Crippen LogP contribution in [-0.2, 0) is 6.42 Å². The minimum Gasteiger partial charge on any atom is -0.472 e. The summed E-state index contributed by atoms with van der Waals surface area (Å²) in [5.41, 5.74) is 2.23. The molecule has 1 aliphatic carbocycles. The number of likely N-dealkylation sites (N-methyl/N-ethyl adjacent to an activating group) is 1. The van der Waals surface area contributed by atoms with Crippen LogP contribution in [0.2, 0.25) is 0 Å². The van der Waals surface area contributed by atoms with Crippen LogP contribution >= 0.6 is 0 Å². The van der Waals surface area contributed by atoms with Gasteiger partial charge in [0.15, 0.2) is 0 Å². The Labute approximate surface area is 202 Å². The number of amides is 1. The minimum absolute atomic E-state index is 0.0924. The van der Waals surface area contributed by atoms with Crippen molar-refractivity contribution in [2.45, 2.75) is 45.3 Å². The Hall–Kier alpha value is -2.88. The van der Waals surface area contributed by atoms with Crippen LogP contribution in [0.1, 0.15) is 48.2 Å². The number of aliphatic hydroxyl groups is 1. The molecule has 2 aliphatic rings. The number of carbonyl (C=O) groups excluding carboxylic acids is 1. The number of benzene rings is 1. The lowest BCUT2D eigenvalue weighted by molar-refractivity contribution is 0.0327. The Morgan fingerprint density at radius 1 is 1.26 bits per heavy atom. The lowest BCUT2D eigenvalue weighted by atomic mass is 9.99. The lowest BCUT2D eigenvalue weighted by Gasteiger charge is -2.37. The molecule has 2 heterocycles. The number of ether oxygens (including phenoxy) is 1. The first-order chi connectivity index (χ1) is 16.4. The van der Waals surface area contributed by atoms with Crippen LogP contribution in [0.25, 0.3) is 0 Å². The van der Waals surface area contributed by atoms with Crippen LogP contribution in [0.4, 0.5) is 0 Å². The normalized spacial score (nSPS) is 21.1. The molecule has 6 heteroatoms. The van der Waals surface area contributed by atoms with Gasteiger partial charge in [-0.05, 0) is 44.4 Å². The Balaban J connectivity index is 1.59. The number of carbonyl (C=O) groups is 1. The van der Waals surface area contributed by atoms with E-state index in [0.29, 0.717) is 30.0 Å². The van der Waals surface area contributed by atoms with E-state index in [4.69, 9.17) is 4.74 Å². The first-order valence-electron chi connectivity index (χ1n) is 12.2. The molecule has 0 spiro atoms. The fraction of sp³-hybridized carbons (Fsp3) is 0.500. The summed E-state index contributed by atoms with van der Waals surface area (Å²) in [6.45, 7) is 6.24. The second kappa shape index (κ2) is 11.0. The fourth-order valence-corrected chi connectivity index (χ4v) is 4.36. The zero-order valence-corrected chi connectivity index (χ0v) is 20.4. The molecule has 180 valence electrons. The minimum atomic E-state index is -0.293. The zero-order valence-electron chi connectivity index (χ0n) is 20.4. The first-order valence-corrected chi connectivity index (χ1v) is 12.2. The molecular formula is C28H35N3O3. The van der Waals surface area contributed by atoms with Gasteiger partial charge in [0.05, 0.1) is 12.6 Å². The molecule has 0 saturated heterocycles. The van der Waals surface area contributed by atoms with Gasteiger partial charge in [-0.25, -0.2) is 4.98 Å². The van der Waals surface area contributed by atoms with Crippen molar-refractivity contribution in [1.82, 2.24) is 14.8 Å². The molecule has 3 atom stereocenters. The third-order valence-corrected chi connectivity index (χ3v) is 6.65. The van der Waals surface area contributed by atoms with E-state index in [9.17, 15) is 9.90 Å². The third-order valence-electron chi connectivity index (χ3n) is 6.65. The van der Waals surface area contributed by atoms with E-state index in [1.807, 2.05) is 37.3 Å². The fourth-order valence-electron chi connectivity index (χ4n) is 4.36. The van der Waals surface area contributed by atoms with Gasteiger partial charge >= 0.3 is 0 Å². The van der Waals surface area contributed by atoms with Crippen LogP contribution in [0.5, 0.6) is 5.88 Å². The van der Waals surface area contributed by atoms with Gasteiger partial charge in [0.1, 0.15) is 11.7 Å². The van der Waals surface area contributed by atoms with Crippen molar-refractivity contribution >= 4 is 5.91 Å². The Morgan fingerprint density at radius 3 is 2.74 bits per heavy atom. The first kappa shape index (κ1) is 24.3. The van der Waals surface area contributed by atoms with Gasteiger partial charge in [0.2, 0.25) is 5.88 Å². The summed E-state index contributed by atoms with van der Waals surface area (Å²) in [7, 11) is 2.13. The highest BCUT2D eigenvalue weighted by atomic mass is 16.5. The molecule has 1 aromatic carbocycles. The number of nitrogens with zero attached hydrogens (tertiary/aromatic N) is 3. The highest BCUT2D eigenvalue weighted by Crippen LogP contribution is 2.31. The van der Waals surface area contributed by atoms with Crippen molar-refractivity contribution in [3.63, 3.8) is 0 Å². The summed E-state index contributed by atoms with van der Waals surface area (Å²) in [5, 5.41) is 9.83. The smallest absolute Gasteiger partial charge is 0.259 e. The number of hydrogen-bond donors (Lipinski definition) is 1. The topological polar surface area (TPSA) is 65.9 Å². The Morgan fingerprint density at radius 2 is 2.03 bits per heavy atom. The molecule has 34 heavy (non-hydrogen) atoms. The van der Waals surface area contributed by atoms with Crippen LogP contribution < -0.4 is 4.74 Å². The van der Waals surface area contributed by atoms with Crippen molar-refractivity contribution in [1.29, 1.82) is 0 Å². The molecule has 4 rings (SSSR count). The number of aromatic nitrogens is 1. The van der Waals surface area contributed by atoms with E-state index in [-0.39, 0.29) is 30.6 Å². The molecule has 0 bridgehead atoms. The number of hydrogen-bond acceptors (Lipinski definition) is 5. The zero-order chi connectivity index (χ0) is 24.1. The number of fused-ring (bicyclic) bond motifs is 1. The van der Waals surface area contributed by atoms with Crippen molar-refractivity contribution in [3.05, 3.63) is 59.3 Å². The van der Waals surface area contributed by atoms with Crippen LogP contribution in [0.15, 0.2) is 42.6 Å². The summed E-state index contributed by atoms with van der Waals surface area (Å²) < 4.78 is 6.37. The second-order valence-electron chi connectivity index (χ2n) is 9.83. The lowest BCUT2D eigenvalue weighted by Crippen LogP contribution is -2.50. The molecule has 1 amide bonds. The second-order valence-corrected chi connectivity index (χ2v) is 9.83. The van der Waals surface area contributed by atoms with Crippen molar-refractivity contribution in [2.75, 3.05) is 33.3 Å². The van der Waals surface area contributed by atoms with Crippen molar-refractivity contribution in [2.24, 2.45) is 11.8 Å². The Kier molecular flexibility index (Phi) is 7.87. The molecule has 1 aliphatic heterocycles. The molecule has 2 aromatic rings. The van der Waals surface area contributed by atoms with E-state index in [0.717, 1.165) is 24.6 Å². The van der Waals surface area contributed by atoms with Crippen LogP contribution in [-0.4, -0.2) is 71.2 Å². The van der Waals surface area contributed by atoms with Crippen molar-refractivity contribution < 1.29 is 14.6 Å². The molecular weight excluding hydrogens is 426 g/mol. The maximum absolute atomic E-state index is 13.5. The highest BCUT2D eigenvalue weighted by molar-refractivity contribution is 5.97. The maximum Gasteiger partial charge on any atom is 0.259 e. The summed E-state index contributed by atoms with van der Waals surface area (Å²) in [4.78, 5) is 22.1. The quantitative estimate of drug-likeness (QED) is 0.642. The standard InChI is InChI=1S/C28H35N3O3/c1-20-16-31(21(2)19-32)28(33)25-14-24(11-7-10-22-8-5-4-6-9-22)15-29-27(25)34-26(20)18-30(3)17-23-12-13-23/h4-6,8-9,14-15,20-21,23,26,32H,10,12-13,16-19H2,1-3H3/t20-,21-,26-/m1/s1. The van der Waals surface area contributed by atoms with E-state index in [1.165, 1.54) is 12.8 Å². The monoisotopic (exact) mass is 461 g/mol. The van der Waals surface area contributed by atoms with Gasteiger partial charge in [0, 0.05) is 43.7 Å².